The summed E-state index contributed by atoms with van der Waals surface area (Å²) >= 11 is 0. The Hall–Kier alpha value is -1.03. The summed E-state index contributed by atoms with van der Waals surface area (Å²) in [5.74, 6) is 0. The molecule has 2 heterocycles. The standard InChI is InChI=1S/C15H27N3O/c1-6-9-19-15-16-13-10-17(11(2)3)8-7-14(13)18(15)12(4)5/h11-12H,6-10H2,1-5H3. The molecule has 0 N–H and O–H groups in total. The minimum Gasteiger partial charge on any atom is -0.465 e. The Morgan fingerprint density at radius 2 is 1.95 bits per heavy atom. The molecule has 108 valence electrons. The van der Waals surface area contributed by atoms with Crippen molar-refractivity contribution in [3.8, 4) is 6.01 Å². The first kappa shape index (κ1) is 14.4. The second-order valence-electron chi connectivity index (χ2n) is 5.91. The molecule has 0 spiro atoms. The van der Waals surface area contributed by atoms with Crippen LogP contribution in [-0.4, -0.2) is 33.6 Å². The highest BCUT2D eigenvalue weighted by Crippen LogP contribution is 2.28. The maximum Gasteiger partial charge on any atom is 0.297 e. The number of imidazole rings is 1. The summed E-state index contributed by atoms with van der Waals surface area (Å²) in [4.78, 5) is 7.22. The lowest BCUT2D eigenvalue weighted by Gasteiger charge is -2.30. The SMILES string of the molecule is CCCOc1nc2c(n1C(C)C)CCN(C(C)C)C2. The van der Waals surface area contributed by atoms with E-state index < -0.39 is 0 Å². The van der Waals surface area contributed by atoms with E-state index in [1.807, 2.05) is 0 Å². The molecule has 0 amide bonds. The molecule has 0 aliphatic carbocycles. The quantitative estimate of drug-likeness (QED) is 0.820. The van der Waals surface area contributed by atoms with Crippen LogP contribution in [0.1, 0.15) is 58.5 Å². The molecule has 4 nitrogen and oxygen atoms in total. The Labute approximate surface area is 116 Å². The van der Waals surface area contributed by atoms with Crippen LogP contribution in [0.15, 0.2) is 0 Å². The van der Waals surface area contributed by atoms with Crippen LogP contribution >= 0.6 is 0 Å². The fourth-order valence-corrected chi connectivity index (χ4v) is 2.67. The average molecular weight is 265 g/mol. The van der Waals surface area contributed by atoms with Crippen molar-refractivity contribution in [2.75, 3.05) is 13.2 Å². The summed E-state index contributed by atoms with van der Waals surface area (Å²) < 4.78 is 8.11. The van der Waals surface area contributed by atoms with E-state index in [1.54, 1.807) is 0 Å². The van der Waals surface area contributed by atoms with Crippen LogP contribution in [0.2, 0.25) is 0 Å². The highest BCUT2D eigenvalue weighted by atomic mass is 16.5. The zero-order valence-corrected chi connectivity index (χ0v) is 12.9. The third-order valence-corrected chi connectivity index (χ3v) is 3.73. The maximum atomic E-state index is 5.83. The zero-order valence-electron chi connectivity index (χ0n) is 12.9. The molecule has 0 fully saturated rings. The molecule has 0 bridgehead atoms. The van der Waals surface area contributed by atoms with Crippen molar-refractivity contribution in [2.45, 2.75) is 66.1 Å². The average Bonchev–Trinajstić information content (AvgIpc) is 2.73. The smallest absolute Gasteiger partial charge is 0.297 e. The molecule has 0 aromatic carbocycles. The summed E-state index contributed by atoms with van der Waals surface area (Å²) in [7, 11) is 0. The van der Waals surface area contributed by atoms with Crippen LogP contribution in [0.25, 0.3) is 0 Å². The van der Waals surface area contributed by atoms with Gasteiger partial charge in [0.15, 0.2) is 0 Å². The first-order valence-corrected chi connectivity index (χ1v) is 7.51. The molecule has 19 heavy (non-hydrogen) atoms. The lowest BCUT2D eigenvalue weighted by atomic mass is 10.1. The molecule has 1 aromatic rings. The first-order chi connectivity index (χ1) is 9.04. The summed E-state index contributed by atoms with van der Waals surface area (Å²) in [5, 5.41) is 0. The third-order valence-electron chi connectivity index (χ3n) is 3.73. The van der Waals surface area contributed by atoms with Gasteiger partial charge in [-0.05, 0) is 34.1 Å². The van der Waals surface area contributed by atoms with E-state index >= 15 is 0 Å². The second kappa shape index (κ2) is 5.95. The number of aromatic nitrogens is 2. The van der Waals surface area contributed by atoms with Gasteiger partial charge in [-0.1, -0.05) is 6.92 Å². The Morgan fingerprint density at radius 3 is 2.53 bits per heavy atom. The first-order valence-electron chi connectivity index (χ1n) is 7.51. The van der Waals surface area contributed by atoms with Gasteiger partial charge in [0.2, 0.25) is 0 Å². The van der Waals surface area contributed by atoms with Crippen molar-refractivity contribution in [1.29, 1.82) is 0 Å². The molecule has 0 saturated heterocycles. The summed E-state index contributed by atoms with van der Waals surface area (Å²) in [6.07, 6.45) is 2.10. The molecule has 1 aromatic heterocycles. The lowest BCUT2D eigenvalue weighted by Crippen LogP contribution is -2.36. The van der Waals surface area contributed by atoms with Gasteiger partial charge in [-0.15, -0.1) is 0 Å². The van der Waals surface area contributed by atoms with Crippen molar-refractivity contribution in [3.05, 3.63) is 11.4 Å². The number of hydrogen-bond acceptors (Lipinski definition) is 3. The van der Waals surface area contributed by atoms with E-state index in [0.29, 0.717) is 12.1 Å². The van der Waals surface area contributed by atoms with Gasteiger partial charge in [0.1, 0.15) is 0 Å². The van der Waals surface area contributed by atoms with Crippen molar-refractivity contribution >= 4 is 0 Å². The predicted molar refractivity (Wildman–Crippen MR) is 77.6 cm³/mol. The van der Waals surface area contributed by atoms with Crippen molar-refractivity contribution < 1.29 is 4.74 Å². The minimum atomic E-state index is 0.411. The number of nitrogens with zero attached hydrogens (tertiary/aromatic N) is 3. The van der Waals surface area contributed by atoms with E-state index in [9.17, 15) is 0 Å². The van der Waals surface area contributed by atoms with Gasteiger partial charge >= 0.3 is 0 Å². The molecular formula is C15H27N3O. The van der Waals surface area contributed by atoms with E-state index in [2.05, 4.69) is 44.1 Å². The van der Waals surface area contributed by atoms with Crippen LogP contribution in [0.5, 0.6) is 6.01 Å². The Kier molecular flexibility index (Phi) is 4.50. The molecule has 0 unspecified atom stereocenters. The number of hydrogen-bond donors (Lipinski definition) is 0. The lowest BCUT2D eigenvalue weighted by molar-refractivity contribution is 0.198. The summed E-state index contributed by atoms with van der Waals surface area (Å²) in [6.45, 7) is 13.9. The summed E-state index contributed by atoms with van der Waals surface area (Å²) in [5.41, 5.74) is 2.58. The van der Waals surface area contributed by atoms with Crippen molar-refractivity contribution in [2.24, 2.45) is 0 Å². The molecule has 2 rings (SSSR count). The molecule has 0 radical (unpaired) electrons. The highest BCUT2D eigenvalue weighted by molar-refractivity contribution is 5.24. The molecule has 0 atom stereocenters. The van der Waals surface area contributed by atoms with Gasteiger partial charge in [0.25, 0.3) is 6.01 Å². The van der Waals surface area contributed by atoms with E-state index in [0.717, 1.165) is 38.5 Å². The number of fused-ring (bicyclic) bond motifs is 1. The van der Waals surface area contributed by atoms with Gasteiger partial charge in [0.05, 0.1) is 12.3 Å². The van der Waals surface area contributed by atoms with Crippen LogP contribution in [0.4, 0.5) is 0 Å². The fourth-order valence-electron chi connectivity index (χ4n) is 2.67. The van der Waals surface area contributed by atoms with E-state index in [4.69, 9.17) is 9.72 Å². The molecule has 4 heteroatoms. The highest BCUT2D eigenvalue weighted by Gasteiger charge is 2.26. The van der Waals surface area contributed by atoms with Gasteiger partial charge in [-0.2, -0.15) is 4.98 Å². The fraction of sp³-hybridized carbons (Fsp3) is 0.800. The molecule has 0 saturated carbocycles. The summed E-state index contributed by atoms with van der Waals surface area (Å²) in [6, 6.07) is 1.80. The van der Waals surface area contributed by atoms with Crippen LogP contribution in [0.3, 0.4) is 0 Å². The maximum absolute atomic E-state index is 5.83. The normalized spacial score (nSPS) is 16.2. The molecule has 1 aliphatic heterocycles. The van der Waals surface area contributed by atoms with Crippen LogP contribution in [-0.2, 0) is 13.0 Å². The second-order valence-corrected chi connectivity index (χ2v) is 5.91. The van der Waals surface area contributed by atoms with Crippen molar-refractivity contribution in [3.63, 3.8) is 0 Å². The van der Waals surface area contributed by atoms with Crippen LogP contribution in [0, 0.1) is 0 Å². The monoisotopic (exact) mass is 265 g/mol. The minimum absolute atomic E-state index is 0.411. The van der Waals surface area contributed by atoms with Crippen molar-refractivity contribution in [1.82, 2.24) is 14.5 Å². The Balaban J connectivity index is 2.28. The topological polar surface area (TPSA) is 30.3 Å². The number of ether oxygens (including phenoxy) is 1. The van der Waals surface area contributed by atoms with E-state index in [-0.39, 0.29) is 0 Å². The Morgan fingerprint density at radius 1 is 1.21 bits per heavy atom. The third kappa shape index (κ3) is 2.94. The predicted octanol–water partition coefficient (Wildman–Crippen LogP) is 3.02. The Bertz CT molecular complexity index is 423. The van der Waals surface area contributed by atoms with Gasteiger partial charge in [-0.25, -0.2) is 0 Å². The van der Waals surface area contributed by atoms with E-state index in [1.165, 1.54) is 11.4 Å². The zero-order chi connectivity index (χ0) is 14.0. The molecular weight excluding hydrogens is 238 g/mol. The van der Waals surface area contributed by atoms with Gasteiger partial charge in [-0.3, -0.25) is 9.47 Å². The van der Waals surface area contributed by atoms with Crippen LogP contribution < -0.4 is 4.74 Å². The largest absolute Gasteiger partial charge is 0.465 e. The van der Waals surface area contributed by atoms with Gasteiger partial charge in [0, 0.05) is 37.3 Å². The van der Waals surface area contributed by atoms with Gasteiger partial charge < -0.3 is 4.74 Å². The molecule has 1 aliphatic rings. The number of rotatable bonds is 5.